The molecule has 0 aromatic heterocycles. The Kier molecular flexibility index (Phi) is 8.18. The molecular formula is C29H31NO7. The Hall–Kier alpha value is -4.20. The number of methoxy groups -OCH3 is 4. The van der Waals surface area contributed by atoms with Gasteiger partial charge < -0.3 is 28.6 Å². The van der Waals surface area contributed by atoms with Crippen LogP contribution in [0, 0.1) is 0 Å². The van der Waals surface area contributed by atoms with Crippen LogP contribution in [-0.2, 0) is 22.4 Å². The van der Waals surface area contributed by atoms with Crippen LogP contribution in [0.2, 0.25) is 0 Å². The van der Waals surface area contributed by atoms with Crippen molar-refractivity contribution >= 4 is 11.9 Å². The van der Waals surface area contributed by atoms with Crippen LogP contribution in [0.25, 0.3) is 0 Å². The lowest BCUT2D eigenvalue weighted by Gasteiger charge is -2.37. The lowest BCUT2D eigenvalue weighted by atomic mass is 9.91. The van der Waals surface area contributed by atoms with E-state index >= 15 is 0 Å². The van der Waals surface area contributed by atoms with Crippen molar-refractivity contribution in [2.24, 2.45) is 0 Å². The fourth-order valence-corrected chi connectivity index (χ4v) is 4.51. The molecule has 0 bridgehead atoms. The summed E-state index contributed by atoms with van der Waals surface area (Å²) in [5, 5.41) is 0. The highest BCUT2D eigenvalue weighted by Gasteiger charge is 2.33. The van der Waals surface area contributed by atoms with E-state index in [1.807, 2.05) is 41.3 Å². The van der Waals surface area contributed by atoms with Gasteiger partial charge in [0.05, 0.1) is 46.5 Å². The van der Waals surface area contributed by atoms with Gasteiger partial charge in [0.1, 0.15) is 18.1 Å². The summed E-state index contributed by atoms with van der Waals surface area (Å²) in [7, 11) is 6.15. The molecule has 0 saturated carbocycles. The number of ether oxygens (including phenoxy) is 5. The number of carbonyl (C=O) groups excluding carboxylic acids is 2. The smallest absolute Gasteiger partial charge is 0.337 e. The molecule has 0 fully saturated rings. The van der Waals surface area contributed by atoms with E-state index in [0.717, 1.165) is 22.4 Å². The maximum absolute atomic E-state index is 13.5. The first-order chi connectivity index (χ1) is 18.0. The minimum absolute atomic E-state index is 0.000223. The zero-order valence-electron chi connectivity index (χ0n) is 21.5. The molecule has 8 heteroatoms. The molecule has 4 rings (SSSR count). The minimum atomic E-state index is -0.413. The van der Waals surface area contributed by atoms with Gasteiger partial charge in [-0.2, -0.15) is 0 Å². The van der Waals surface area contributed by atoms with Crippen LogP contribution in [0.15, 0.2) is 60.7 Å². The second kappa shape index (κ2) is 11.7. The van der Waals surface area contributed by atoms with E-state index in [4.69, 9.17) is 23.7 Å². The zero-order chi connectivity index (χ0) is 26.4. The van der Waals surface area contributed by atoms with Crippen molar-refractivity contribution in [2.45, 2.75) is 18.9 Å². The molecule has 8 nitrogen and oxygen atoms in total. The number of carbonyl (C=O) groups is 2. The molecule has 1 atom stereocenters. The summed E-state index contributed by atoms with van der Waals surface area (Å²) in [6.07, 6.45) is 0.950. The molecule has 3 aromatic rings. The molecule has 3 aromatic carbocycles. The second-order valence-electron chi connectivity index (χ2n) is 8.61. The molecular weight excluding hydrogens is 474 g/mol. The van der Waals surface area contributed by atoms with Crippen molar-refractivity contribution in [1.29, 1.82) is 0 Å². The molecule has 0 radical (unpaired) electrons. The van der Waals surface area contributed by atoms with Gasteiger partial charge in [-0.15, -0.1) is 0 Å². The quantitative estimate of drug-likeness (QED) is 0.402. The Balaban J connectivity index is 1.60. The zero-order valence-corrected chi connectivity index (χ0v) is 21.5. The Labute approximate surface area is 216 Å². The van der Waals surface area contributed by atoms with Crippen molar-refractivity contribution in [3.05, 3.63) is 82.9 Å². The number of rotatable bonds is 9. The van der Waals surface area contributed by atoms with Crippen molar-refractivity contribution in [2.75, 3.05) is 41.6 Å². The van der Waals surface area contributed by atoms with Crippen LogP contribution in [0.4, 0.5) is 0 Å². The Morgan fingerprint density at radius 2 is 1.49 bits per heavy atom. The largest absolute Gasteiger partial charge is 0.497 e. The standard InChI is InChI=1S/C29H31NO7/c1-33-22-9-5-19(6-10-22)15-28(31)30-14-13-21-16-26(34-2)27(35-3)17-24(21)25(30)18-37-23-11-7-20(8-12-23)29(32)36-4/h5-12,16-17,25H,13-15,18H2,1-4H3/t25-/m0/s1. The van der Waals surface area contributed by atoms with Crippen molar-refractivity contribution < 1.29 is 33.3 Å². The molecule has 1 amide bonds. The minimum Gasteiger partial charge on any atom is -0.497 e. The molecule has 0 spiro atoms. The topological polar surface area (TPSA) is 83.5 Å². The number of esters is 1. The van der Waals surface area contributed by atoms with Gasteiger partial charge >= 0.3 is 5.97 Å². The van der Waals surface area contributed by atoms with E-state index in [-0.39, 0.29) is 25.0 Å². The number of nitrogens with zero attached hydrogens (tertiary/aromatic N) is 1. The van der Waals surface area contributed by atoms with Crippen molar-refractivity contribution in [3.8, 4) is 23.0 Å². The predicted octanol–water partition coefficient (Wildman–Crippen LogP) is 4.25. The van der Waals surface area contributed by atoms with E-state index in [1.165, 1.54) is 7.11 Å². The first-order valence-electron chi connectivity index (χ1n) is 12.0. The van der Waals surface area contributed by atoms with Crippen LogP contribution in [-0.4, -0.2) is 58.4 Å². The van der Waals surface area contributed by atoms with Gasteiger partial charge in [0.25, 0.3) is 0 Å². The third-order valence-corrected chi connectivity index (χ3v) is 6.52. The molecule has 0 N–H and O–H groups in total. The number of hydrogen-bond acceptors (Lipinski definition) is 7. The highest BCUT2D eigenvalue weighted by atomic mass is 16.5. The first kappa shape index (κ1) is 25.9. The molecule has 1 heterocycles. The molecule has 194 valence electrons. The van der Waals surface area contributed by atoms with E-state index < -0.39 is 5.97 Å². The number of fused-ring (bicyclic) bond motifs is 1. The van der Waals surface area contributed by atoms with Crippen LogP contribution < -0.4 is 18.9 Å². The van der Waals surface area contributed by atoms with Gasteiger partial charge in [0.2, 0.25) is 5.91 Å². The highest BCUT2D eigenvalue weighted by Crippen LogP contribution is 2.38. The van der Waals surface area contributed by atoms with E-state index in [2.05, 4.69) is 0 Å². The molecule has 0 aliphatic carbocycles. The summed E-state index contributed by atoms with van der Waals surface area (Å²) in [5.74, 6) is 2.16. The van der Waals surface area contributed by atoms with Gasteiger partial charge in [-0.3, -0.25) is 4.79 Å². The van der Waals surface area contributed by atoms with Gasteiger partial charge in [-0.25, -0.2) is 4.79 Å². The van der Waals surface area contributed by atoms with Gasteiger partial charge in [0, 0.05) is 6.54 Å². The van der Waals surface area contributed by atoms with Crippen molar-refractivity contribution in [3.63, 3.8) is 0 Å². The fourth-order valence-electron chi connectivity index (χ4n) is 4.51. The predicted molar refractivity (Wildman–Crippen MR) is 138 cm³/mol. The summed E-state index contributed by atoms with van der Waals surface area (Å²) in [5.41, 5.74) is 3.38. The van der Waals surface area contributed by atoms with E-state index in [9.17, 15) is 9.59 Å². The average Bonchev–Trinajstić information content (AvgIpc) is 2.95. The first-order valence-corrected chi connectivity index (χ1v) is 12.0. The Morgan fingerprint density at radius 1 is 0.838 bits per heavy atom. The van der Waals surface area contributed by atoms with Crippen LogP contribution in [0.1, 0.15) is 33.1 Å². The second-order valence-corrected chi connectivity index (χ2v) is 8.61. The van der Waals surface area contributed by atoms with Crippen LogP contribution in [0.5, 0.6) is 23.0 Å². The summed E-state index contributed by atoms with van der Waals surface area (Å²) >= 11 is 0. The molecule has 0 unspecified atom stereocenters. The SMILES string of the molecule is COC(=O)c1ccc(OC[C@H]2c3cc(OC)c(OC)cc3CCN2C(=O)Cc2ccc(OC)cc2)cc1. The maximum atomic E-state index is 13.5. The van der Waals surface area contributed by atoms with Gasteiger partial charge in [-0.05, 0) is 71.6 Å². The van der Waals surface area contributed by atoms with Gasteiger partial charge in [-0.1, -0.05) is 12.1 Å². The van der Waals surface area contributed by atoms with E-state index in [1.54, 1.807) is 45.6 Å². The van der Waals surface area contributed by atoms with Crippen molar-refractivity contribution in [1.82, 2.24) is 4.90 Å². The lowest BCUT2D eigenvalue weighted by Crippen LogP contribution is -2.43. The molecule has 1 aliphatic heterocycles. The normalized spacial score (nSPS) is 14.4. The summed E-state index contributed by atoms with van der Waals surface area (Å²) in [6.45, 7) is 0.779. The van der Waals surface area contributed by atoms with Gasteiger partial charge in [0.15, 0.2) is 11.5 Å². The van der Waals surface area contributed by atoms with Crippen LogP contribution in [0.3, 0.4) is 0 Å². The third kappa shape index (κ3) is 5.80. The molecule has 37 heavy (non-hydrogen) atoms. The highest BCUT2D eigenvalue weighted by molar-refractivity contribution is 5.89. The summed E-state index contributed by atoms with van der Waals surface area (Å²) < 4.78 is 27.2. The summed E-state index contributed by atoms with van der Waals surface area (Å²) in [4.78, 5) is 27.1. The monoisotopic (exact) mass is 505 g/mol. The Morgan fingerprint density at radius 3 is 2.11 bits per heavy atom. The van der Waals surface area contributed by atoms with E-state index in [0.29, 0.717) is 35.8 Å². The Bertz CT molecular complexity index is 1240. The van der Waals surface area contributed by atoms with Crippen LogP contribution >= 0.6 is 0 Å². The lowest BCUT2D eigenvalue weighted by molar-refractivity contribution is -0.134. The number of amides is 1. The molecule has 1 aliphatic rings. The molecule has 0 saturated heterocycles. The number of benzene rings is 3. The summed E-state index contributed by atoms with van der Waals surface area (Å²) in [6, 6.07) is 17.8. The third-order valence-electron chi connectivity index (χ3n) is 6.52. The average molecular weight is 506 g/mol. The number of hydrogen-bond donors (Lipinski definition) is 0. The fraction of sp³-hybridized carbons (Fsp3) is 0.310. The maximum Gasteiger partial charge on any atom is 0.337 e.